The fourth-order valence-corrected chi connectivity index (χ4v) is 7.76. The Bertz CT molecular complexity index is 1150. The molecule has 0 bridgehead atoms. The highest BCUT2D eigenvalue weighted by molar-refractivity contribution is 7.99. The van der Waals surface area contributed by atoms with Gasteiger partial charge in [-0.3, -0.25) is 0 Å². The minimum absolute atomic E-state index is 0.0251. The van der Waals surface area contributed by atoms with Crippen LogP contribution in [-0.4, -0.2) is 39.2 Å². The maximum Gasteiger partial charge on any atom is 0.189 e. The van der Waals surface area contributed by atoms with Gasteiger partial charge in [0.15, 0.2) is 21.4 Å². The standard InChI is InChI=1S/C22H20ClF2NO4S2/c23-14-1-3-15(4-2-14)32(27,28)22-8-10-29-19(7-11-31-12-9-26)16(22)13-30-21-18(25)6-5-17(24)20(21)22/h1-6,16,19H,7-8,10-13H2/t16-,19-,22-/m0/s1. The summed E-state index contributed by atoms with van der Waals surface area (Å²) < 4.78 is 67.9. The molecule has 0 N–H and O–H groups in total. The molecule has 2 aliphatic heterocycles. The summed E-state index contributed by atoms with van der Waals surface area (Å²) >= 11 is 7.35. The van der Waals surface area contributed by atoms with Crippen LogP contribution in [0.15, 0.2) is 41.3 Å². The average molecular weight is 500 g/mol. The van der Waals surface area contributed by atoms with E-state index in [1.165, 1.54) is 36.0 Å². The van der Waals surface area contributed by atoms with E-state index < -0.39 is 38.2 Å². The van der Waals surface area contributed by atoms with Gasteiger partial charge >= 0.3 is 0 Å². The van der Waals surface area contributed by atoms with Gasteiger partial charge in [0, 0.05) is 17.5 Å². The van der Waals surface area contributed by atoms with Crippen molar-refractivity contribution in [2.45, 2.75) is 28.6 Å². The van der Waals surface area contributed by atoms with E-state index in [0.29, 0.717) is 22.9 Å². The van der Waals surface area contributed by atoms with Gasteiger partial charge in [-0.15, -0.1) is 11.8 Å². The summed E-state index contributed by atoms with van der Waals surface area (Å²) in [5.74, 6) is -1.90. The van der Waals surface area contributed by atoms with Gasteiger partial charge in [0.1, 0.15) is 10.6 Å². The van der Waals surface area contributed by atoms with E-state index in [0.717, 1.165) is 12.1 Å². The van der Waals surface area contributed by atoms with Crippen molar-refractivity contribution in [3.63, 3.8) is 0 Å². The first kappa shape index (κ1) is 23.3. The van der Waals surface area contributed by atoms with Gasteiger partial charge in [-0.05, 0) is 55.0 Å². The first-order valence-corrected chi connectivity index (χ1v) is 13.0. The second kappa shape index (κ2) is 9.18. The first-order valence-electron chi connectivity index (χ1n) is 10.0. The van der Waals surface area contributed by atoms with Crippen LogP contribution in [0, 0.1) is 28.9 Å². The summed E-state index contributed by atoms with van der Waals surface area (Å²) in [4.78, 5) is -0.0251. The van der Waals surface area contributed by atoms with Crippen molar-refractivity contribution >= 4 is 33.2 Å². The second-order valence-electron chi connectivity index (χ2n) is 7.66. The highest BCUT2D eigenvalue weighted by Gasteiger charge is 2.61. The molecule has 3 atom stereocenters. The average Bonchev–Trinajstić information content (AvgIpc) is 2.79. The number of nitrogens with zero attached hydrogens (tertiary/aromatic N) is 1. The molecule has 5 nitrogen and oxygen atoms in total. The predicted molar refractivity (Wildman–Crippen MR) is 118 cm³/mol. The van der Waals surface area contributed by atoms with Gasteiger partial charge in [0.25, 0.3) is 0 Å². The zero-order valence-electron chi connectivity index (χ0n) is 16.9. The van der Waals surface area contributed by atoms with Crippen LogP contribution >= 0.6 is 23.4 Å². The van der Waals surface area contributed by atoms with Gasteiger partial charge < -0.3 is 9.47 Å². The smallest absolute Gasteiger partial charge is 0.189 e. The molecule has 0 saturated carbocycles. The summed E-state index contributed by atoms with van der Waals surface area (Å²) in [7, 11) is -4.21. The zero-order chi connectivity index (χ0) is 22.9. The van der Waals surface area contributed by atoms with Crippen LogP contribution in [0.3, 0.4) is 0 Å². The fraction of sp³-hybridized carbons (Fsp3) is 0.409. The topological polar surface area (TPSA) is 76.4 Å². The van der Waals surface area contributed by atoms with E-state index in [1.807, 2.05) is 6.07 Å². The molecule has 4 rings (SSSR count). The van der Waals surface area contributed by atoms with Gasteiger partial charge in [-0.25, -0.2) is 17.2 Å². The molecular formula is C22H20ClF2NO4S2. The molecule has 2 aromatic rings. The van der Waals surface area contributed by atoms with E-state index in [9.17, 15) is 12.8 Å². The van der Waals surface area contributed by atoms with Gasteiger partial charge in [-0.2, -0.15) is 5.26 Å². The number of fused-ring (bicyclic) bond motifs is 3. The normalized spacial score (nSPS) is 24.7. The number of benzene rings is 2. The van der Waals surface area contributed by atoms with Crippen LogP contribution in [0.2, 0.25) is 5.02 Å². The molecule has 2 aliphatic rings. The molecule has 0 amide bonds. The van der Waals surface area contributed by atoms with Gasteiger partial charge in [0.2, 0.25) is 0 Å². The summed E-state index contributed by atoms with van der Waals surface area (Å²) in [5, 5.41) is 9.12. The Morgan fingerprint density at radius 1 is 1.19 bits per heavy atom. The van der Waals surface area contributed by atoms with Crippen molar-refractivity contribution in [2.75, 3.05) is 24.7 Å². The number of ether oxygens (including phenoxy) is 2. The van der Waals surface area contributed by atoms with Crippen LogP contribution in [0.4, 0.5) is 8.78 Å². The number of nitriles is 1. The minimum Gasteiger partial charge on any atom is -0.490 e. The Morgan fingerprint density at radius 3 is 2.62 bits per heavy atom. The van der Waals surface area contributed by atoms with Crippen molar-refractivity contribution in [2.24, 2.45) is 5.92 Å². The molecular weight excluding hydrogens is 480 g/mol. The monoisotopic (exact) mass is 499 g/mol. The Kier molecular flexibility index (Phi) is 6.68. The molecule has 1 fully saturated rings. The summed E-state index contributed by atoms with van der Waals surface area (Å²) in [5.41, 5.74) is -0.276. The molecule has 0 spiro atoms. The van der Waals surface area contributed by atoms with Crippen LogP contribution in [0.25, 0.3) is 0 Å². The van der Waals surface area contributed by atoms with Crippen molar-refractivity contribution in [3.05, 3.63) is 58.6 Å². The zero-order valence-corrected chi connectivity index (χ0v) is 19.3. The molecule has 32 heavy (non-hydrogen) atoms. The number of halogens is 3. The van der Waals surface area contributed by atoms with E-state index in [2.05, 4.69) is 0 Å². The summed E-state index contributed by atoms with van der Waals surface area (Å²) in [6.45, 7) is -0.0694. The van der Waals surface area contributed by atoms with E-state index >= 15 is 4.39 Å². The molecule has 2 aromatic carbocycles. The predicted octanol–water partition coefficient (Wildman–Crippen LogP) is 4.73. The third kappa shape index (κ3) is 3.77. The highest BCUT2D eigenvalue weighted by atomic mass is 35.5. The van der Waals surface area contributed by atoms with Crippen LogP contribution in [0.5, 0.6) is 5.75 Å². The maximum absolute atomic E-state index is 15.2. The molecule has 0 unspecified atom stereocenters. The van der Waals surface area contributed by atoms with E-state index in [1.54, 1.807) is 0 Å². The maximum atomic E-state index is 15.2. The molecule has 170 valence electrons. The number of thioether (sulfide) groups is 1. The highest BCUT2D eigenvalue weighted by Crippen LogP contribution is 2.55. The largest absolute Gasteiger partial charge is 0.490 e. The number of rotatable bonds is 6. The summed E-state index contributed by atoms with van der Waals surface area (Å²) in [6.07, 6.45) is -0.154. The first-order chi connectivity index (χ1) is 15.3. The molecule has 1 saturated heterocycles. The van der Waals surface area contributed by atoms with Gasteiger partial charge in [0.05, 0.1) is 35.0 Å². The molecule has 0 aromatic heterocycles. The molecule has 2 heterocycles. The summed E-state index contributed by atoms with van der Waals surface area (Å²) in [6, 6.07) is 9.59. The number of hydrogen-bond donors (Lipinski definition) is 0. The fourth-order valence-electron chi connectivity index (χ4n) is 4.65. The number of hydrogen-bond acceptors (Lipinski definition) is 6. The Labute approximate surface area is 194 Å². The lowest BCUT2D eigenvalue weighted by Gasteiger charge is -2.50. The van der Waals surface area contributed by atoms with Crippen LogP contribution in [-0.2, 0) is 19.3 Å². The van der Waals surface area contributed by atoms with Crippen molar-refractivity contribution in [1.29, 1.82) is 5.26 Å². The lowest BCUT2D eigenvalue weighted by Crippen LogP contribution is -2.57. The molecule has 10 heteroatoms. The van der Waals surface area contributed by atoms with Crippen LogP contribution in [0.1, 0.15) is 18.4 Å². The Morgan fingerprint density at radius 2 is 1.91 bits per heavy atom. The van der Waals surface area contributed by atoms with E-state index in [4.69, 9.17) is 26.3 Å². The number of sulfone groups is 1. The van der Waals surface area contributed by atoms with Crippen molar-refractivity contribution in [3.8, 4) is 11.8 Å². The van der Waals surface area contributed by atoms with Crippen molar-refractivity contribution in [1.82, 2.24) is 0 Å². The van der Waals surface area contributed by atoms with Crippen LogP contribution < -0.4 is 4.74 Å². The van der Waals surface area contributed by atoms with Gasteiger partial charge in [-0.1, -0.05) is 11.6 Å². The lowest BCUT2D eigenvalue weighted by atomic mass is 9.75. The molecule has 0 aliphatic carbocycles. The third-order valence-electron chi connectivity index (χ3n) is 6.06. The minimum atomic E-state index is -4.21. The molecule has 0 radical (unpaired) electrons. The SMILES string of the molecule is N#CCSCC[C@@H]1OCC[C@@]2(S(=O)(=O)c3ccc(Cl)cc3)c3c(F)ccc(F)c3OC[C@@H]12. The van der Waals surface area contributed by atoms with Crippen molar-refractivity contribution < 1.29 is 26.7 Å². The third-order valence-corrected chi connectivity index (χ3v) is 9.73. The lowest BCUT2D eigenvalue weighted by molar-refractivity contribution is -0.0730. The Hall–Kier alpha value is -1.86. The second-order valence-corrected chi connectivity index (χ2v) is 11.4. The quantitative estimate of drug-likeness (QED) is 0.535. The van der Waals surface area contributed by atoms with E-state index in [-0.39, 0.29) is 35.8 Å². The Balaban J connectivity index is 1.88.